The Morgan fingerprint density at radius 3 is 2.50 bits per heavy atom. The number of carbonyl (C=O) groups excluding carboxylic acids is 1. The highest BCUT2D eigenvalue weighted by Crippen LogP contribution is 2.29. The maximum atomic E-state index is 12.4. The minimum Gasteiger partial charge on any atom is -0.383 e. The Hall–Kier alpha value is -0.610. The van der Waals surface area contributed by atoms with Crippen LogP contribution in [-0.4, -0.2) is 42.6 Å². The zero-order valence-electron chi connectivity index (χ0n) is 12.1. The Kier molecular flexibility index (Phi) is 6.09. The number of amides is 1. The van der Waals surface area contributed by atoms with Crippen molar-refractivity contribution >= 4 is 5.91 Å². The molecule has 1 saturated carbocycles. The lowest BCUT2D eigenvalue weighted by Crippen LogP contribution is -2.49. The summed E-state index contributed by atoms with van der Waals surface area (Å²) in [5, 5.41) is 0. The highest BCUT2D eigenvalue weighted by atomic mass is 16.5. The van der Waals surface area contributed by atoms with E-state index in [4.69, 9.17) is 10.5 Å². The van der Waals surface area contributed by atoms with Gasteiger partial charge in [0.25, 0.3) is 0 Å². The van der Waals surface area contributed by atoms with Gasteiger partial charge in [-0.25, -0.2) is 0 Å². The van der Waals surface area contributed by atoms with Gasteiger partial charge in [-0.3, -0.25) is 4.79 Å². The molecule has 0 heterocycles. The molecule has 1 fully saturated rings. The van der Waals surface area contributed by atoms with Gasteiger partial charge in [-0.05, 0) is 26.7 Å². The van der Waals surface area contributed by atoms with Crippen LogP contribution in [0.1, 0.15) is 52.4 Å². The average molecular weight is 256 g/mol. The lowest BCUT2D eigenvalue weighted by molar-refractivity contribution is -0.135. The van der Waals surface area contributed by atoms with Gasteiger partial charge in [0.05, 0.1) is 12.6 Å². The first-order valence-corrected chi connectivity index (χ1v) is 7.09. The summed E-state index contributed by atoms with van der Waals surface area (Å²) in [5.41, 5.74) is 6.08. The predicted octanol–water partition coefficient (Wildman–Crippen LogP) is 1.92. The Bertz CT molecular complexity index is 263. The first-order chi connectivity index (χ1) is 8.52. The van der Waals surface area contributed by atoms with Crippen LogP contribution < -0.4 is 5.73 Å². The van der Waals surface area contributed by atoms with E-state index >= 15 is 0 Å². The second-order valence-corrected chi connectivity index (χ2v) is 5.58. The molecule has 0 spiro atoms. The minimum absolute atomic E-state index is 0.125. The molecular formula is C14H28N2O2. The van der Waals surface area contributed by atoms with E-state index in [1.54, 1.807) is 7.11 Å². The Morgan fingerprint density at radius 1 is 1.39 bits per heavy atom. The van der Waals surface area contributed by atoms with E-state index in [-0.39, 0.29) is 17.5 Å². The molecule has 0 saturated heterocycles. The molecule has 18 heavy (non-hydrogen) atoms. The highest BCUT2D eigenvalue weighted by molar-refractivity contribution is 5.77. The number of hydrogen-bond donors (Lipinski definition) is 1. The summed E-state index contributed by atoms with van der Waals surface area (Å²) in [6.45, 7) is 5.33. The summed E-state index contributed by atoms with van der Waals surface area (Å²) >= 11 is 0. The summed E-state index contributed by atoms with van der Waals surface area (Å²) in [7, 11) is 1.67. The van der Waals surface area contributed by atoms with Gasteiger partial charge in [-0.1, -0.05) is 19.3 Å². The van der Waals surface area contributed by atoms with E-state index in [0.29, 0.717) is 13.0 Å². The molecule has 0 bridgehead atoms. The molecule has 4 heteroatoms. The monoisotopic (exact) mass is 256 g/mol. The second-order valence-electron chi connectivity index (χ2n) is 5.58. The fraction of sp³-hybridized carbons (Fsp3) is 0.929. The van der Waals surface area contributed by atoms with Gasteiger partial charge >= 0.3 is 0 Å². The van der Waals surface area contributed by atoms with E-state index in [2.05, 4.69) is 0 Å². The van der Waals surface area contributed by atoms with Gasteiger partial charge in [0, 0.05) is 25.6 Å². The van der Waals surface area contributed by atoms with Gasteiger partial charge in [0.1, 0.15) is 0 Å². The quantitative estimate of drug-likeness (QED) is 0.790. The predicted molar refractivity (Wildman–Crippen MR) is 73.3 cm³/mol. The van der Waals surface area contributed by atoms with Crippen LogP contribution in [0.5, 0.6) is 0 Å². The van der Waals surface area contributed by atoms with Crippen molar-refractivity contribution in [1.29, 1.82) is 0 Å². The van der Waals surface area contributed by atoms with Gasteiger partial charge in [-0.15, -0.1) is 0 Å². The van der Waals surface area contributed by atoms with Crippen LogP contribution in [0.15, 0.2) is 0 Å². The zero-order chi connectivity index (χ0) is 13.6. The van der Waals surface area contributed by atoms with E-state index < -0.39 is 0 Å². The van der Waals surface area contributed by atoms with E-state index in [0.717, 1.165) is 32.2 Å². The molecule has 1 amide bonds. The summed E-state index contributed by atoms with van der Waals surface area (Å²) < 4.78 is 5.13. The Labute approximate surface area is 111 Å². The number of ether oxygens (including phenoxy) is 1. The van der Waals surface area contributed by atoms with Crippen molar-refractivity contribution in [3.8, 4) is 0 Å². The van der Waals surface area contributed by atoms with E-state index in [1.165, 1.54) is 6.42 Å². The third-order valence-corrected chi connectivity index (χ3v) is 3.95. The topological polar surface area (TPSA) is 55.6 Å². The van der Waals surface area contributed by atoms with Crippen molar-refractivity contribution < 1.29 is 9.53 Å². The van der Waals surface area contributed by atoms with E-state index in [9.17, 15) is 4.79 Å². The number of carbonyl (C=O) groups is 1. The molecule has 0 aromatic rings. The van der Waals surface area contributed by atoms with Crippen molar-refractivity contribution in [3.05, 3.63) is 0 Å². The molecule has 1 unspecified atom stereocenters. The Morgan fingerprint density at radius 2 is 2.00 bits per heavy atom. The minimum atomic E-state index is -0.268. The fourth-order valence-corrected chi connectivity index (χ4v) is 2.90. The summed E-state index contributed by atoms with van der Waals surface area (Å²) in [5.74, 6) is 0.173. The first kappa shape index (κ1) is 15.4. The van der Waals surface area contributed by atoms with Crippen LogP contribution in [0, 0.1) is 0 Å². The van der Waals surface area contributed by atoms with Crippen LogP contribution in [0.3, 0.4) is 0 Å². The number of rotatable bonds is 6. The SMILES string of the molecule is CCN(C(=O)CC1(N)CCCCC1)C(C)COC. The molecular weight excluding hydrogens is 228 g/mol. The third kappa shape index (κ3) is 4.25. The average Bonchev–Trinajstić information content (AvgIpc) is 2.30. The second kappa shape index (κ2) is 7.10. The molecule has 2 N–H and O–H groups in total. The van der Waals surface area contributed by atoms with Crippen LogP contribution in [0.25, 0.3) is 0 Å². The Balaban J connectivity index is 2.55. The summed E-state index contributed by atoms with van der Waals surface area (Å²) in [6, 6.07) is 0.125. The summed E-state index contributed by atoms with van der Waals surface area (Å²) in [4.78, 5) is 14.2. The zero-order valence-corrected chi connectivity index (χ0v) is 12.1. The molecule has 1 atom stereocenters. The molecule has 0 radical (unpaired) electrons. The van der Waals surface area contributed by atoms with Crippen LogP contribution in [0.2, 0.25) is 0 Å². The number of nitrogens with two attached hydrogens (primary N) is 1. The molecule has 1 aliphatic carbocycles. The molecule has 0 aliphatic heterocycles. The van der Waals surface area contributed by atoms with Crippen LogP contribution >= 0.6 is 0 Å². The van der Waals surface area contributed by atoms with Crippen molar-refractivity contribution in [2.75, 3.05) is 20.3 Å². The molecule has 0 aromatic carbocycles. The van der Waals surface area contributed by atoms with Crippen molar-refractivity contribution in [1.82, 2.24) is 4.90 Å². The van der Waals surface area contributed by atoms with Crippen LogP contribution in [0.4, 0.5) is 0 Å². The standard InChI is InChI=1S/C14H28N2O2/c1-4-16(12(2)11-18-3)13(17)10-14(15)8-6-5-7-9-14/h12H,4-11,15H2,1-3H3. The molecule has 4 nitrogen and oxygen atoms in total. The molecule has 0 aromatic heterocycles. The maximum absolute atomic E-state index is 12.4. The highest BCUT2D eigenvalue weighted by Gasteiger charge is 2.32. The number of likely N-dealkylation sites (N-methyl/N-ethyl adjacent to an activating group) is 1. The lowest BCUT2D eigenvalue weighted by Gasteiger charge is -2.36. The molecule has 106 valence electrons. The summed E-state index contributed by atoms with van der Waals surface area (Å²) in [6.07, 6.45) is 6.01. The van der Waals surface area contributed by atoms with Crippen molar-refractivity contribution in [2.45, 2.75) is 64.0 Å². The first-order valence-electron chi connectivity index (χ1n) is 7.09. The van der Waals surface area contributed by atoms with Gasteiger partial charge in [-0.2, -0.15) is 0 Å². The molecule has 1 rings (SSSR count). The third-order valence-electron chi connectivity index (χ3n) is 3.95. The number of hydrogen-bond acceptors (Lipinski definition) is 3. The number of methoxy groups -OCH3 is 1. The van der Waals surface area contributed by atoms with Crippen molar-refractivity contribution in [3.63, 3.8) is 0 Å². The van der Waals surface area contributed by atoms with Crippen LogP contribution in [-0.2, 0) is 9.53 Å². The van der Waals surface area contributed by atoms with Gasteiger partial charge < -0.3 is 15.4 Å². The maximum Gasteiger partial charge on any atom is 0.224 e. The lowest BCUT2D eigenvalue weighted by atomic mass is 9.80. The van der Waals surface area contributed by atoms with Crippen molar-refractivity contribution in [2.24, 2.45) is 5.73 Å². The fourth-order valence-electron chi connectivity index (χ4n) is 2.90. The van der Waals surface area contributed by atoms with Gasteiger partial charge in [0.15, 0.2) is 0 Å². The smallest absolute Gasteiger partial charge is 0.224 e. The number of nitrogens with zero attached hydrogens (tertiary/aromatic N) is 1. The van der Waals surface area contributed by atoms with E-state index in [1.807, 2.05) is 18.7 Å². The van der Waals surface area contributed by atoms with Gasteiger partial charge in [0.2, 0.25) is 5.91 Å². The normalized spacial score (nSPS) is 20.4. The largest absolute Gasteiger partial charge is 0.383 e. The molecule has 1 aliphatic rings.